The van der Waals surface area contributed by atoms with Crippen LogP contribution < -0.4 is 4.74 Å². The van der Waals surface area contributed by atoms with Crippen molar-refractivity contribution in [3.05, 3.63) is 54.1 Å². The van der Waals surface area contributed by atoms with Gasteiger partial charge in [0, 0.05) is 0 Å². The van der Waals surface area contributed by atoms with Gasteiger partial charge in [-0.05, 0) is 72.8 Å². The molecule has 0 N–H and O–H groups in total. The van der Waals surface area contributed by atoms with Crippen LogP contribution in [0.3, 0.4) is 0 Å². The lowest BCUT2D eigenvalue weighted by Crippen LogP contribution is -2.13. The van der Waals surface area contributed by atoms with E-state index in [2.05, 4.69) is 62.4 Å². The van der Waals surface area contributed by atoms with Gasteiger partial charge in [-0.3, -0.25) is 0 Å². The second-order valence-electron chi connectivity index (χ2n) is 8.21. The Kier molecular flexibility index (Phi) is 7.80. The first-order valence-corrected chi connectivity index (χ1v) is 11.1. The maximum Gasteiger partial charge on any atom is 0.119 e. The molecule has 1 saturated carbocycles. The lowest BCUT2D eigenvalue weighted by atomic mass is 9.77. The van der Waals surface area contributed by atoms with Crippen molar-refractivity contribution in [2.45, 2.75) is 77.6 Å². The summed E-state index contributed by atoms with van der Waals surface area (Å²) in [6.07, 6.45) is 11.9. The summed E-state index contributed by atoms with van der Waals surface area (Å²) in [6.45, 7) is 5.36. The lowest BCUT2D eigenvalue weighted by Gasteiger charge is -2.28. The highest BCUT2D eigenvalue weighted by molar-refractivity contribution is 5.64. The lowest BCUT2D eigenvalue weighted by molar-refractivity contribution is 0.306. The first-order chi connectivity index (χ1) is 13.3. The Balaban J connectivity index is 1.54. The van der Waals surface area contributed by atoms with E-state index in [1.165, 1.54) is 68.1 Å². The molecule has 0 aliphatic heterocycles. The molecule has 2 aromatic rings. The van der Waals surface area contributed by atoms with Crippen molar-refractivity contribution in [3.8, 4) is 16.9 Å². The first kappa shape index (κ1) is 20.0. The number of hydrogen-bond acceptors (Lipinski definition) is 1. The molecule has 0 radical (unpaired) electrons. The molecule has 1 nitrogen and oxygen atoms in total. The predicted octanol–water partition coefficient (Wildman–Crippen LogP) is 8.00. The summed E-state index contributed by atoms with van der Waals surface area (Å²) in [5, 5.41) is 0. The molecular formula is C26H36O. The molecule has 0 atom stereocenters. The van der Waals surface area contributed by atoms with Crippen LogP contribution >= 0.6 is 0 Å². The second kappa shape index (κ2) is 10.5. The molecular weight excluding hydrogens is 328 g/mol. The zero-order chi connectivity index (χ0) is 18.9. The van der Waals surface area contributed by atoms with Crippen LogP contribution in [0.4, 0.5) is 0 Å². The van der Waals surface area contributed by atoms with Crippen LogP contribution in [0.5, 0.6) is 5.75 Å². The summed E-state index contributed by atoms with van der Waals surface area (Å²) < 4.78 is 5.82. The first-order valence-electron chi connectivity index (χ1n) is 11.1. The van der Waals surface area contributed by atoms with Crippen LogP contribution in [0.15, 0.2) is 48.5 Å². The average Bonchev–Trinajstić information content (AvgIpc) is 2.73. The standard InChI is InChI=1S/C26H36O/c1-3-5-6-20-27-26-18-16-25(17-19-26)24-14-12-23(13-15-24)22-10-8-21(7-4-2)9-11-22/h12-19,21-22H,3-11,20H2,1-2H3. The van der Waals surface area contributed by atoms with Gasteiger partial charge in [-0.2, -0.15) is 0 Å². The summed E-state index contributed by atoms with van der Waals surface area (Å²) in [6, 6.07) is 17.9. The molecule has 2 aromatic carbocycles. The summed E-state index contributed by atoms with van der Waals surface area (Å²) in [4.78, 5) is 0. The predicted molar refractivity (Wildman–Crippen MR) is 117 cm³/mol. The molecule has 3 rings (SSSR count). The Bertz CT molecular complexity index is 648. The van der Waals surface area contributed by atoms with Crippen molar-refractivity contribution in [2.75, 3.05) is 6.61 Å². The van der Waals surface area contributed by atoms with Crippen LogP contribution in [0, 0.1) is 5.92 Å². The normalized spacial score (nSPS) is 19.8. The molecule has 0 bridgehead atoms. The Hall–Kier alpha value is -1.76. The van der Waals surface area contributed by atoms with Crippen molar-refractivity contribution in [1.82, 2.24) is 0 Å². The topological polar surface area (TPSA) is 9.23 Å². The zero-order valence-electron chi connectivity index (χ0n) is 17.3. The highest BCUT2D eigenvalue weighted by atomic mass is 16.5. The van der Waals surface area contributed by atoms with Gasteiger partial charge in [-0.15, -0.1) is 0 Å². The van der Waals surface area contributed by atoms with Gasteiger partial charge in [0.05, 0.1) is 6.61 Å². The molecule has 1 aliphatic rings. The van der Waals surface area contributed by atoms with Gasteiger partial charge in [0.25, 0.3) is 0 Å². The van der Waals surface area contributed by atoms with Crippen LogP contribution in [0.1, 0.15) is 83.1 Å². The Morgan fingerprint density at radius 2 is 1.37 bits per heavy atom. The SMILES string of the molecule is CCCCCOc1ccc(-c2ccc(C3CCC(CCC)CC3)cc2)cc1. The van der Waals surface area contributed by atoms with E-state index in [9.17, 15) is 0 Å². The van der Waals surface area contributed by atoms with Crippen LogP contribution in [0.25, 0.3) is 11.1 Å². The van der Waals surface area contributed by atoms with Crippen molar-refractivity contribution < 1.29 is 4.74 Å². The Morgan fingerprint density at radius 1 is 0.741 bits per heavy atom. The van der Waals surface area contributed by atoms with E-state index in [-0.39, 0.29) is 0 Å². The van der Waals surface area contributed by atoms with Crippen LogP contribution in [-0.4, -0.2) is 6.61 Å². The van der Waals surface area contributed by atoms with E-state index in [0.717, 1.165) is 30.6 Å². The molecule has 1 fully saturated rings. The molecule has 146 valence electrons. The number of benzene rings is 2. The molecule has 0 aromatic heterocycles. The molecule has 0 unspecified atom stereocenters. The van der Waals surface area contributed by atoms with Crippen molar-refractivity contribution >= 4 is 0 Å². The molecule has 0 amide bonds. The van der Waals surface area contributed by atoms with Gasteiger partial charge < -0.3 is 4.74 Å². The minimum atomic E-state index is 0.769. The van der Waals surface area contributed by atoms with Gasteiger partial charge in [0.1, 0.15) is 5.75 Å². The van der Waals surface area contributed by atoms with Crippen LogP contribution in [-0.2, 0) is 0 Å². The van der Waals surface area contributed by atoms with Crippen molar-refractivity contribution in [1.29, 1.82) is 0 Å². The fraction of sp³-hybridized carbons (Fsp3) is 0.538. The van der Waals surface area contributed by atoms with E-state index in [1.54, 1.807) is 0 Å². The molecule has 1 heteroatoms. The van der Waals surface area contributed by atoms with Crippen molar-refractivity contribution in [3.63, 3.8) is 0 Å². The van der Waals surface area contributed by atoms with E-state index in [4.69, 9.17) is 4.74 Å². The third-order valence-electron chi connectivity index (χ3n) is 6.13. The van der Waals surface area contributed by atoms with E-state index in [1.807, 2.05) is 0 Å². The second-order valence-corrected chi connectivity index (χ2v) is 8.21. The average molecular weight is 365 g/mol. The quantitative estimate of drug-likeness (QED) is 0.410. The van der Waals surface area contributed by atoms with Crippen LogP contribution in [0.2, 0.25) is 0 Å². The molecule has 0 heterocycles. The molecule has 1 aliphatic carbocycles. The zero-order valence-corrected chi connectivity index (χ0v) is 17.3. The molecule has 27 heavy (non-hydrogen) atoms. The minimum absolute atomic E-state index is 0.769. The Morgan fingerprint density at radius 3 is 1.96 bits per heavy atom. The third-order valence-corrected chi connectivity index (χ3v) is 6.13. The monoisotopic (exact) mass is 364 g/mol. The van der Waals surface area contributed by atoms with Gasteiger partial charge in [0.15, 0.2) is 0 Å². The van der Waals surface area contributed by atoms with E-state index < -0.39 is 0 Å². The summed E-state index contributed by atoms with van der Waals surface area (Å²) in [7, 11) is 0. The third kappa shape index (κ3) is 5.86. The van der Waals surface area contributed by atoms with Gasteiger partial charge in [-0.1, -0.05) is 75.9 Å². The number of ether oxygens (including phenoxy) is 1. The molecule has 0 spiro atoms. The summed E-state index contributed by atoms with van der Waals surface area (Å²) in [5.41, 5.74) is 4.11. The summed E-state index contributed by atoms with van der Waals surface area (Å²) >= 11 is 0. The fourth-order valence-corrected chi connectivity index (χ4v) is 4.43. The summed E-state index contributed by atoms with van der Waals surface area (Å²) in [5.74, 6) is 2.73. The van der Waals surface area contributed by atoms with Crippen molar-refractivity contribution in [2.24, 2.45) is 5.92 Å². The Labute approximate surface area is 166 Å². The fourth-order valence-electron chi connectivity index (χ4n) is 4.43. The number of hydrogen-bond donors (Lipinski definition) is 0. The minimum Gasteiger partial charge on any atom is -0.494 e. The van der Waals surface area contributed by atoms with E-state index in [0.29, 0.717) is 0 Å². The molecule has 0 saturated heterocycles. The highest BCUT2D eigenvalue weighted by Crippen LogP contribution is 2.38. The highest BCUT2D eigenvalue weighted by Gasteiger charge is 2.21. The maximum atomic E-state index is 5.82. The number of rotatable bonds is 9. The van der Waals surface area contributed by atoms with Gasteiger partial charge in [-0.25, -0.2) is 0 Å². The number of unbranched alkanes of at least 4 members (excludes halogenated alkanes) is 2. The largest absolute Gasteiger partial charge is 0.494 e. The van der Waals surface area contributed by atoms with E-state index >= 15 is 0 Å². The smallest absolute Gasteiger partial charge is 0.119 e. The van der Waals surface area contributed by atoms with Gasteiger partial charge >= 0.3 is 0 Å². The van der Waals surface area contributed by atoms with Gasteiger partial charge in [0.2, 0.25) is 0 Å². The maximum absolute atomic E-state index is 5.82.